The van der Waals surface area contributed by atoms with E-state index in [-0.39, 0.29) is 12.0 Å². The number of fused-ring (bicyclic) bond motifs is 1. The molecule has 2 saturated heterocycles. The molecule has 2 N–H and O–H groups in total. The Bertz CT molecular complexity index is 506. The average Bonchev–Trinajstić information content (AvgIpc) is 2.97. The van der Waals surface area contributed by atoms with Crippen molar-refractivity contribution in [2.75, 3.05) is 46.4 Å². The van der Waals surface area contributed by atoms with Gasteiger partial charge in [0, 0.05) is 32.2 Å². The number of morpholine rings is 1. The lowest BCUT2D eigenvalue weighted by molar-refractivity contribution is -0.122. The number of carbonyl (C=O) groups is 1. The highest BCUT2D eigenvalue weighted by Crippen LogP contribution is 2.15. The van der Waals surface area contributed by atoms with Crippen LogP contribution >= 0.6 is 0 Å². The van der Waals surface area contributed by atoms with Gasteiger partial charge >= 0.3 is 0 Å². The second kappa shape index (κ2) is 7.77. The summed E-state index contributed by atoms with van der Waals surface area (Å²) in [4.78, 5) is 14.2. The Morgan fingerprint density at radius 2 is 2.22 bits per heavy atom. The molecule has 0 radical (unpaired) electrons. The van der Waals surface area contributed by atoms with Crippen LogP contribution in [0, 0.1) is 0 Å². The fraction of sp³-hybridized carbons (Fsp3) is 0.588. The number of benzene rings is 1. The summed E-state index contributed by atoms with van der Waals surface area (Å²) >= 11 is 0. The maximum atomic E-state index is 12.1. The lowest BCUT2D eigenvalue weighted by Gasteiger charge is -2.25. The van der Waals surface area contributed by atoms with E-state index in [2.05, 4.69) is 15.5 Å². The Kier molecular flexibility index (Phi) is 5.48. The highest BCUT2D eigenvalue weighted by Gasteiger charge is 2.35. The lowest BCUT2D eigenvalue weighted by Crippen LogP contribution is -2.47. The van der Waals surface area contributed by atoms with E-state index in [1.54, 1.807) is 7.11 Å². The Hall–Kier alpha value is -1.63. The topological polar surface area (TPSA) is 62.8 Å². The molecule has 0 unspecified atom stereocenters. The number of likely N-dealkylation sites (tertiary alicyclic amines) is 1. The van der Waals surface area contributed by atoms with Crippen LogP contribution in [0.2, 0.25) is 0 Å². The normalized spacial score (nSPS) is 24.2. The van der Waals surface area contributed by atoms with Gasteiger partial charge in [-0.3, -0.25) is 9.69 Å². The number of rotatable bonds is 6. The number of nitrogens with one attached hydrogen (secondary N) is 2. The molecular weight excluding hydrogens is 294 g/mol. The maximum absolute atomic E-state index is 12.1. The first kappa shape index (κ1) is 16.2. The molecule has 0 aliphatic carbocycles. The molecular formula is C17H25N3O3. The Labute approximate surface area is 137 Å². The molecule has 1 aromatic carbocycles. The van der Waals surface area contributed by atoms with Crippen molar-refractivity contribution in [3.8, 4) is 5.75 Å². The minimum Gasteiger partial charge on any atom is -0.497 e. The number of ether oxygens (including phenoxy) is 2. The fourth-order valence-corrected chi connectivity index (χ4v) is 3.20. The monoisotopic (exact) mass is 319 g/mol. The van der Waals surface area contributed by atoms with Gasteiger partial charge in [-0.15, -0.1) is 0 Å². The van der Waals surface area contributed by atoms with Gasteiger partial charge < -0.3 is 20.1 Å². The van der Waals surface area contributed by atoms with E-state index in [0.29, 0.717) is 19.1 Å². The molecule has 2 atom stereocenters. The second-order valence-electron chi connectivity index (χ2n) is 6.11. The summed E-state index contributed by atoms with van der Waals surface area (Å²) < 4.78 is 10.9. The predicted molar refractivity (Wildman–Crippen MR) is 87.7 cm³/mol. The van der Waals surface area contributed by atoms with E-state index in [4.69, 9.17) is 9.47 Å². The van der Waals surface area contributed by atoms with Crippen LogP contribution in [0.25, 0.3) is 0 Å². The Morgan fingerprint density at radius 1 is 1.39 bits per heavy atom. The molecule has 3 rings (SSSR count). The molecule has 6 heteroatoms. The van der Waals surface area contributed by atoms with E-state index in [0.717, 1.165) is 38.4 Å². The Balaban J connectivity index is 1.36. The summed E-state index contributed by atoms with van der Waals surface area (Å²) in [6.07, 6.45) is 1.06. The average molecular weight is 319 g/mol. The molecule has 6 nitrogen and oxygen atoms in total. The first-order valence-corrected chi connectivity index (χ1v) is 8.21. The summed E-state index contributed by atoms with van der Waals surface area (Å²) in [5.74, 6) is 0.932. The summed E-state index contributed by atoms with van der Waals surface area (Å²) in [5, 5.41) is 6.44. The van der Waals surface area contributed by atoms with Crippen molar-refractivity contribution in [2.24, 2.45) is 0 Å². The molecule has 2 heterocycles. The van der Waals surface area contributed by atoms with Crippen LogP contribution in [0.4, 0.5) is 0 Å². The van der Waals surface area contributed by atoms with Crippen LogP contribution in [0.1, 0.15) is 5.56 Å². The Morgan fingerprint density at radius 3 is 2.96 bits per heavy atom. The molecule has 2 aliphatic rings. The summed E-state index contributed by atoms with van der Waals surface area (Å²) in [7, 11) is 1.66. The van der Waals surface area contributed by atoms with Crippen molar-refractivity contribution in [1.29, 1.82) is 0 Å². The van der Waals surface area contributed by atoms with Crippen LogP contribution in [0.3, 0.4) is 0 Å². The largest absolute Gasteiger partial charge is 0.497 e. The quantitative estimate of drug-likeness (QED) is 0.774. The van der Waals surface area contributed by atoms with E-state index < -0.39 is 0 Å². The summed E-state index contributed by atoms with van der Waals surface area (Å²) in [6.45, 7) is 4.49. The van der Waals surface area contributed by atoms with Crippen LogP contribution in [-0.2, 0) is 16.0 Å². The number of carbonyl (C=O) groups excluding carboxylic acids is 1. The predicted octanol–water partition coefficient (Wildman–Crippen LogP) is 0.0265. The van der Waals surface area contributed by atoms with E-state index in [1.165, 1.54) is 5.56 Å². The number of hydrogen-bond donors (Lipinski definition) is 2. The first-order valence-electron chi connectivity index (χ1n) is 8.21. The number of hydrogen-bond acceptors (Lipinski definition) is 5. The molecule has 23 heavy (non-hydrogen) atoms. The molecule has 0 spiro atoms. The molecule has 0 aromatic heterocycles. The van der Waals surface area contributed by atoms with Gasteiger partial charge in [-0.25, -0.2) is 0 Å². The van der Waals surface area contributed by atoms with Gasteiger partial charge in [0.2, 0.25) is 5.91 Å². The molecule has 2 aliphatic heterocycles. The zero-order chi connectivity index (χ0) is 16.1. The number of amides is 1. The standard InChI is InChI=1S/C17H25N3O3/c1-22-14-4-2-13(3-5-14)6-7-19-17(21)12-20-10-15-16(11-20)23-9-8-18-15/h2-5,15-16,18H,6-12H2,1H3,(H,19,21)/t15-,16-/m0/s1. The summed E-state index contributed by atoms with van der Waals surface area (Å²) in [6, 6.07) is 8.31. The fourth-order valence-electron chi connectivity index (χ4n) is 3.20. The van der Waals surface area contributed by atoms with Crippen LogP contribution in [0.5, 0.6) is 5.75 Å². The van der Waals surface area contributed by atoms with Gasteiger partial charge in [0.15, 0.2) is 0 Å². The van der Waals surface area contributed by atoms with Gasteiger partial charge in [-0.2, -0.15) is 0 Å². The molecule has 2 fully saturated rings. The van der Waals surface area contributed by atoms with Crippen molar-refractivity contribution in [2.45, 2.75) is 18.6 Å². The third-order valence-corrected chi connectivity index (χ3v) is 4.44. The van der Waals surface area contributed by atoms with E-state index in [9.17, 15) is 4.79 Å². The van der Waals surface area contributed by atoms with Gasteiger partial charge in [-0.05, 0) is 24.1 Å². The van der Waals surface area contributed by atoms with E-state index >= 15 is 0 Å². The van der Waals surface area contributed by atoms with Gasteiger partial charge in [-0.1, -0.05) is 12.1 Å². The molecule has 0 saturated carbocycles. The van der Waals surface area contributed by atoms with Crippen molar-refractivity contribution in [3.05, 3.63) is 29.8 Å². The highest BCUT2D eigenvalue weighted by atomic mass is 16.5. The number of nitrogens with zero attached hydrogens (tertiary/aromatic N) is 1. The smallest absolute Gasteiger partial charge is 0.234 e. The third kappa shape index (κ3) is 4.43. The van der Waals surface area contributed by atoms with Crippen LogP contribution < -0.4 is 15.4 Å². The maximum Gasteiger partial charge on any atom is 0.234 e. The lowest BCUT2D eigenvalue weighted by atomic mass is 10.1. The van der Waals surface area contributed by atoms with Crippen molar-refractivity contribution < 1.29 is 14.3 Å². The number of methoxy groups -OCH3 is 1. The molecule has 0 bridgehead atoms. The van der Waals surface area contributed by atoms with Gasteiger partial charge in [0.1, 0.15) is 5.75 Å². The molecule has 126 valence electrons. The SMILES string of the molecule is COc1ccc(CCNC(=O)CN2C[C@@H]3NCCO[C@H]3C2)cc1. The zero-order valence-corrected chi connectivity index (χ0v) is 13.6. The minimum absolute atomic E-state index is 0.0807. The van der Waals surface area contributed by atoms with Crippen molar-refractivity contribution >= 4 is 5.91 Å². The highest BCUT2D eigenvalue weighted by molar-refractivity contribution is 5.78. The minimum atomic E-state index is 0.0807. The van der Waals surface area contributed by atoms with Gasteiger partial charge in [0.05, 0.1) is 26.4 Å². The van der Waals surface area contributed by atoms with Crippen molar-refractivity contribution in [3.63, 3.8) is 0 Å². The van der Waals surface area contributed by atoms with Crippen LogP contribution in [0.15, 0.2) is 24.3 Å². The van der Waals surface area contributed by atoms with Gasteiger partial charge in [0.25, 0.3) is 0 Å². The zero-order valence-electron chi connectivity index (χ0n) is 13.6. The molecule has 1 aromatic rings. The third-order valence-electron chi connectivity index (χ3n) is 4.44. The first-order chi connectivity index (χ1) is 11.2. The van der Waals surface area contributed by atoms with Crippen LogP contribution in [-0.4, -0.2) is 69.4 Å². The van der Waals surface area contributed by atoms with E-state index in [1.807, 2.05) is 24.3 Å². The van der Waals surface area contributed by atoms with Crippen molar-refractivity contribution in [1.82, 2.24) is 15.5 Å². The molecule has 1 amide bonds. The second-order valence-corrected chi connectivity index (χ2v) is 6.11. The summed E-state index contributed by atoms with van der Waals surface area (Å²) in [5.41, 5.74) is 1.19.